The number of aryl methyl sites for hydroxylation is 2. The number of piperidine rings is 1. The number of fused-ring (bicyclic) bond motifs is 3. The Morgan fingerprint density at radius 1 is 1.09 bits per heavy atom. The maximum atomic E-state index is 13.9. The first-order valence-corrected chi connectivity index (χ1v) is 11.6. The number of halogens is 1. The molecule has 33 heavy (non-hydrogen) atoms. The van der Waals surface area contributed by atoms with Gasteiger partial charge in [-0.3, -0.25) is 9.47 Å². The van der Waals surface area contributed by atoms with Gasteiger partial charge in [0.2, 0.25) is 5.78 Å². The fraction of sp³-hybridized carbons (Fsp3) is 0.565. The molecule has 176 valence electrons. The van der Waals surface area contributed by atoms with Crippen molar-refractivity contribution in [3.63, 3.8) is 0 Å². The molecule has 10 heteroatoms. The molecule has 5 rings (SSSR count). The molecule has 2 unspecified atom stereocenters. The minimum Gasteiger partial charge on any atom is -0.373 e. The van der Waals surface area contributed by atoms with E-state index in [-0.39, 0.29) is 17.6 Å². The smallest absolute Gasteiger partial charge is 0.355 e. The van der Waals surface area contributed by atoms with Gasteiger partial charge in [-0.25, -0.2) is 18.5 Å². The Labute approximate surface area is 190 Å². The Hall–Kier alpha value is -2.85. The van der Waals surface area contributed by atoms with E-state index >= 15 is 0 Å². The Balaban J connectivity index is 1.21. The van der Waals surface area contributed by atoms with Crippen molar-refractivity contribution >= 4 is 5.78 Å². The van der Waals surface area contributed by atoms with Gasteiger partial charge in [-0.05, 0) is 45.1 Å². The predicted octanol–water partition coefficient (Wildman–Crippen LogP) is 1.64. The number of aromatic nitrogens is 5. The van der Waals surface area contributed by atoms with E-state index in [4.69, 9.17) is 4.74 Å². The van der Waals surface area contributed by atoms with Gasteiger partial charge in [0.25, 0.3) is 0 Å². The second kappa shape index (κ2) is 8.83. The average molecular weight is 457 g/mol. The quantitative estimate of drug-likeness (QED) is 0.537. The van der Waals surface area contributed by atoms with Gasteiger partial charge in [-0.15, -0.1) is 9.61 Å². The molecule has 0 amide bonds. The summed E-state index contributed by atoms with van der Waals surface area (Å²) in [5, 5.41) is 4.13. The van der Waals surface area contributed by atoms with E-state index in [0.717, 1.165) is 43.2 Å². The molecule has 0 saturated carbocycles. The number of rotatable bonds is 7. The first-order valence-electron chi connectivity index (χ1n) is 11.6. The Bertz CT molecular complexity index is 1270. The van der Waals surface area contributed by atoms with Gasteiger partial charge >= 0.3 is 11.4 Å². The highest BCUT2D eigenvalue weighted by molar-refractivity contribution is 5.26. The number of hydrogen-bond acceptors (Lipinski definition) is 6. The van der Waals surface area contributed by atoms with Crippen LogP contribution in [0.5, 0.6) is 0 Å². The maximum absolute atomic E-state index is 13.9. The lowest BCUT2D eigenvalue weighted by atomic mass is 9.99. The lowest BCUT2D eigenvalue weighted by Gasteiger charge is -2.39. The molecule has 2 fully saturated rings. The molecule has 2 aliphatic rings. The highest BCUT2D eigenvalue weighted by atomic mass is 19.1. The van der Waals surface area contributed by atoms with Gasteiger partial charge in [0, 0.05) is 37.8 Å². The van der Waals surface area contributed by atoms with Crippen LogP contribution < -0.4 is 11.4 Å². The fourth-order valence-corrected chi connectivity index (χ4v) is 5.35. The summed E-state index contributed by atoms with van der Waals surface area (Å²) in [7, 11) is 1.46. The molecule has 9 nitrogen and oxygen atoms in total. The third kappa shape index (κ3) is 4.13. The second-order valence-electron chi connectivity index (χ2n) is 9.12. The molecular weight excluding hydrogens is 427 g/mol. The molecular formula is C23H29FN6O3. The van der Waals surface area contributed by atoms with Crippen LogP contribution in [0, 0.1) is 12.7 Å². The van der Waals surface area contributed by atoms with Gasteiger partial charge in [-0.1, -0.05) is 18.2 Å². The first kappa shape index (κ1) is 22.0. The van der Waals surface area contributed by atoms with Crippen LogP contribution in [0.4, 0.5) is 4.39 Å². The van der Waals surface area contributed by atoms with Gasteiger partial charge in [0.05, 0.1) is 12.7 Å². The van der Waals surface area contributed by atoms with Gasteiger partial charge in [0.15, 0.2) is 0 Å². The normalized spacial score (nSPS) is 22.9. The first-order chi connectivity index (χ1) is 15.9. The molecule has 2 aliphatic heterocycles. The van der Waals surface area contributed by atoms with E-state index in [2.05, 4.69) is 15.0 Å². The number of ether oxygens (including phenoxy) is 1. The van der Waals surface area contributed by atoms with Crippen LogP contribution in [0.25, 0.3) is 5.78 Å². The summed E-state index contributed by atoms with van der Waals surface area (Å²) in [5.74, 6) is 0.536. The van der Waals surface area contributed by atoms with Crippen molar-refractivity contribution in [1.29, 1.82) is 0 Å². The van der Waals surface area contributed by atoms with E-state index < -0.39 is 5.69 Å². The van der Waals surface area contributed by atoms with Crippen LogP contribution in [0.2, 0.25) is 0 Å². The highest BCUT2D eigenvalue weighted by Gasteiger charge is 2.40. The number of benzene rings is 1. The molecule has 2 saturated heterocycles. The van der Waals surface area contributed by atoms with Crippen LogP contribution in [0.1, 0.15) is 43.5 Å². The average Bonchev–Trinajstić information content (AvgIpc) is 3.29. The lowest BCUT2D eigenvalue weighted by Crippen LogP contribution is -2.46. The summed E-state index contributed by atoms with van der Waals surface area (Å²) in [6.07, 6.45) is 5.07. The van der Waals surface area contributed by atoms with Crippen molar-refractivity contribution < 1.29 is 9.13 Å². The largest absolute Gasteiger partial charge is 0.373 e. The van der Waals surface area contributed by atoms with Crippen LogP contribution in [0.15, 0.2) is 33.9 Å². The van der Waals surface area contributed by atoms with Crippen LogP contribution in [-0.4, -0.2) is 53.4 Å². The van der Waals surface area contributed by atoms with E-state index in [1.54, 1.807) is 19.1 Å². The molecule has 3 aromatic rings. The fourth-order valence-electron chi connectivity index (χ4n) is 5.35. The minimum atomic E-state index is -0.484. The van der Waals surface area contributed by atoms with Crippen molar-refractivity contribution in [3.8, 4) is 0 Å². The minimum absolute atomic E-state index is 0.142. The number of nitrogens with zero attached hydrogens (tertiary/aromatic N) is 6. The lowest BCUT2D eigenvalue weighted by molar-refractivity contribution is -0.0293. The molecule has 0 N–H and O–H groups in total. The van der Waals surface area contributed by atoms with E-state index in [9.17, 15) is 14.0 Å². The Kier molecular flexibility index (Phi) is 5.88. The topological polar surface area (TPSA) is 86.7 Å². The third-order valence-electron chi connectivity index (χ3n) is 6.99. The van der Waals surface area contributed by atoms with Gasteiger partial charge < -0.3 is 4.74 Å². The highest BCUT2D eigenvalue weighted by Crippen LogP contribution is 2.37. The molecule has 1 aromatic carbocycles. The summed E-state index contributed by atoms with van der Waals surface area (Å²) < 4.78 is 23.8. The molecule has 0 spiro atoms. The monoisotopic (exact) mass is 456 g/mol. The Morgan fingerprint density at radius 2 is 1.82 bits per heavy atom. The van der Waals surface area contributed by atoms with E-state index in [1.165, 1.54) is 22.2 Å². The molecule has 4 heterocycles. The van der Waals surface area contributed by atoms with Gasteiger partial charge in [-0.2, -0.15) is 4.98 Å². The van der Waals surface area contributed by atoms with Crippen LogP contribution >= 0.6 is 0 Å². The third-order valence-corrected chi connectivity index (χ3v) is 6.99. The summed E-state index contributed by atoms with van der Waals surface area (Å²) in [6, 6.07) is 7.65. The van der Waals surface area contributed by atoms with Crippen molar-refractivity contribution in [1.82, 2.24) is 28.6 Å². The summed E-state index contributed by atoms with van der Waals surface area (Å²) in [5.41, 5.74) is -0.254. The zero-order valence-corrected chi connectivity index (χ0v) is 19.0. The summed E-state index contributed by atoms with van der Waals surface area (Å²) >= 11 is 0. The van der Waals surface area contributed by atoms with Crippen LogP contribution in [0.3, 0.4) is 0 Å². The zero-order chi connectivity index (χ0) is 23.1. The summed E-state index contributed by atoms with van der Waals surface area (Å²) in [4.78, 5) is 31.8. The molecule has 0 aliphatic carbocycles. The predicted molar refractivity (Wildman–Crippen MR) is 120 cm³/mol. The standard InChI is InChI=1S/C23H29FN6O3/c1-15-25-21-29(22(31)27(2)23(32)30(21)26-15)11-5-10-28-17-8-9-18(28)13-19(12-17)33-14-16-6-3-4-7-20(16)24/h3-4,6-7,17-19H,5,8-14H2,1-2H3. The molecule has 2 aromatic heterocycles. The van der Waals surface area contributed by atoms with Crippen molar-refractivity contribution in [2.45, 2.75) is 70.4 Å². The summed E-state index contributed by atoms with van der Waals surface area (Å²) in [6.45, 7) is 3.35. The maximum Gasteiger partial charge on any atom is 0.355 e. The van der Waals surface area contributed by atoms with Crippen molar-refractivity contribution in [3.05, 3.63) is 62.4 Å². The molecule has 2 atom stereocenters. The Morgan fingerprint density at radius 3 is 2.55 bits per heavy atom. The van der Waals surface area contributed by atoms with Crippen molar-refractivity contribution in [2.75, 3.05) is 6.54 Å². The van der Waals surface area contributed by atoms with Gasteiger partial charge in [0.1, 0.15) is 11.6 Å². The molecule has 2 bridgehead atoms. The molecule has 0 radical (unpaired) electrons. The van der Waals surface area contributed by atoms with Crippen LogP contribution in [-0.2, 0) is 24.9 Å². The second-order valence-corrected chi connectivity index (χ2v) is 9.12. The zero-order valence-electron chi connectivity index (χ0n) is 19.0. The van der Waals surface area contributed by atoms with E-state index in [0.29, 0.717) is 42.4 Å². The SMILES string of the molecule is Cc1nc2n(CCCN3C4CCC3CC(OCc3ccccc3F)C4)c(=O)n(C)c(=O)n2n1. The van der Waals surface area contributed by atoms with E-state index in [1.807, 2.05) is 6.07 Å². The number of hydrogen-bond donors (Lipinski definition) is 0. The van der Waals surface area contributed by atoms with Crippen molar-refractivity contribution in [2.24, 2.45) is 7.05 Å².